The molecule has 6 rings (SSSR count). The lowest BCUT2D eigenvalue weighted by atomic mass is 9.97. The van der Waals surface area contributed by atoms with Crippen molar-refractivity contribution in [3.8, 4) is 11.1 Å². The summed E-state index contributed by atoms with van der Waals surface area (Å²) in [7, 11) is 1.76. The minimum Gasteiger partial charge on any atom is -0.373 e. The molecule has 0 amide bonds. The van der Waals surface area contributed by atoms with Gasteiger partial charge in [-0.25, -0.2) is 9.97 Å². The summed E-state index contributed by atoms with van der Waals surface area (Å²) in [5.74, 6) is 0.989. The van der Waals surface area contributed by atoms with Crippen molar-refractivity contribution >= 4 is 11.2 Å². The molecular formula is C25H22N6O3. The third-order valence-electron chi connectivity index (χ3n) is 6.24. The summed E-state index contributed by atoms with van der Waals surface area (Å²) in [5, 5.41) is 4.16. The van der Waals surface area contributed by atoms with E-state index in [0.717, 1.165) is 12.0 Å². The van der Waals surface area contributed by atoms with Crippen molar-refractivity contribution in [3.05, 3.63) is 94.9 Å². The zero-order chi connectivity index (χ0) is 23.1. The van der Waals surface area contributed by atoms with E-state index in [1.807, 2.05) is 18.2 Å². The van der Waals surface area contributed by atoms with Crippen molar-refractivity contribution in [2.75, 3.05) is 6.61 Å². The minimum absolute atomic E-state index is 0.0177. The second kappa shape index (κ2) is 8.35. The Bertz CT molecular complexity index is 1500. The Morgan fingerprint density at radius 2 is 1.76 bits per heavy atom. The van der Waals surface area contributed by atoms with E-state index in [9.17, 15) is 4.79 Å². The molecule has 2 aromatic carbocycles. The van der Waals surface area contributed by atoms with Crippen LogP contribution in [0, 0.1) is 0 Å². The van der Waals surface area contributed by atoms with Crippen LogP contribution in [0.1, 0.15) is 35.7 Å². The third-order valence-corrected chi connectivity index (χ3v) is 6.24. The molecular weight excluding hydrogens is 432 g/mol. The first-order valence-corrected chi connectivity index (χ1v) is 11.1. The van der Waals surface area contributed by atoms with E-state index in [1.54, 1.807) is 17.9 Å². The zero-order valence-corrected chi connectivity index (χ0v) is 18.5. The average Bonchev–Trinajstić information content (AvgIpc) is 3.62. The molecule has 3 aromatic heterocycles. The normalized spacial score (nSPS) is 18.0. The molecule has 170 valence electrons. The molecule has 1 saturated heterocycles. The average molecular weight is 454 g/mol. The highest BCUT2D eigenvalue weighted by molar-refractivity contribution is 5.68. The van der Waals surface area contributed by atoms with Gasteiger partial charge in [0, 0.05) is 13.0 Å². The van der Waals surface area contributed by atoms with Crippen LogP contribution in [-0.4, -0.2) is 35.8 Å². The summed E-state index contributed by atoms with van der Waals surface area (Å²) < 4.78 is 14.6. The number of nitrogens with zero attached hydrogens (tertiary/aromatic N) is 6. The molecule has 4 heterocycles. The number of aromatic nitrogens is 6. The van der Waals surface area contributed by atoms with Gasteiger partial charge in [-0.1, -0.05) is 59.8 Å². The zero-order valence-electron chi connectivity index (χ0n) is 18.5. The van der Waals surface area contributed by atoms with Gasteiger partial charge in [0.2, 0.25) is 5.89 Å². The molecule has 34 heavy (non-hydrogen) atoms. The molecule has 5 aromatic rings. The van der Waals surface area contributed by atoms with Crippen molar-refractivity contribution in [2.45, 2.75) is 25.0 Å². The van der Waals surface area contributed by atoms with Crippen molar-refractivity contribution in [1.29, 1.82) is 0 Å². The lowest BCUT2D eigenvalue weighted by Gasteiger charge is -2.10. The lowest BCUT2D eigenvalue weighted by molar-refractivity contribution is 0.110. The molecule has 2 atom stereocenters. The largest absolute Gasteiger partial charge is 0.373 e. The van der Waals surface area contributed by atoms with E-state index in [2.05, 4.69) is 56.5 Å². The molecule has 1 aliphatic heterocycles. The minimum atomic E-state index is -0.201. The first kappa shape index (κ1) is 20.5. The number of fused-ring (bicyclic) bond motifs is 1. The maximum absolute atomic E-state index is 12.7. The second-order valence-electron chi connectivity index (χ2n) is 8.49. The van der Waals surface area contributed by atoms with Gasteiger partial charge < -0.3 is 13.8 Å². The SMILES string of the molecule is Cn1cnc2ncn(Cc3nc([C@@H]4CO[C@@H](c5ccc(-c6ccccc6)cc5)C4)no3)c(=O)c21. The van der Waals surface area contributed by atoms with Gasteiger partial charge in [0.15, 0.2) is 17.0 Å². The highest BCUT2D eigenvalue weighted by Gasteiger charge is 2.31. The molecule has 0 spiro atoms. The van der Waals surface area contributed by atoms with Crippen molar-refractivity contribution in [1.82, 2.24) is 29.2 Å². The number of benzene rings is 2. The molecule has 0 saturated carbocycles. The lowest BCUT2D eigenvalue weighted by Crippen LogP contribution is -2.22. The monoisotopic (exact) mass is 454 g/mol. The summed E-state index contributed by atoms with van der Waals surface area (Å²) in [6.07, 6.45) is 3.78. The van der Waals surface area contributed by atoms with Crippen molar-refractivity contribution < 1.29 is 9.26 Å². The number of ether oxygens (including phenoxy) is 1. The van der Waals surface area contributed by atoms with Gasteiger partial charge in [0.25, 0.3) is 5.56 Å². The van der Waals surface area contributed by atoms with Crippen LogP contribution in [0.25, 0.3) is 22.3 Å². The fraction of sp³-hybridized carbons (Fsp3) is 0.240. The van der Waals surface area contributed by atoms with Gasteiger partial charge in [-0.2, -0.15) is 4.98 Å². The molecule has 9 heteroatoms. The third kappa shape index (κ3) is 3.69. The molecule has 0 aliphatic carbocycles. The number of rotatable bonds is 5. The van der Waals surface area contributed by atoms with Crippen LogP contribution in [0.2, 0.25) is 0 Å². The highest BCUT2D eigenvalue weighted by atomic mass is 16.5. The quantitative estimate of drug-likeness (QED) is 0.401. The Morgan fingerprint density at radius 3 is 2.59 bits per heavy atom. The van der Waals surface area contributed by atoms with Gasteiger partial charge in [0.1, 0.15) is 12.9 Å². The van der Waals surface area contributed by atoms with E-state index in [4.69, 9.17) is 9.26 Å². The van der Waals surface area contributed by atoms with Gasteiger partial charge in [0.05, 0.1) is 19.0 Å². The van der Waals surface area contributed by atoms with E-state index >= 15 is 0 Å². The molecule has 9 nitrogen and oxygen atoms in total. The van der Waals surface area contributed by atoms with Crippen LogP contribution in [0.15, 0.2) is 76.6 Å². The van der Waals surface area contributed by atoms with Crippen LogP contribution in [0.4, 0.5) is 0 Å². The Morgan fingerprint density at radius 1 is 1.00 bits per heavy atom. The summed E-state index contributed by atoms with van der Waals surface area (Å²) in [6.45, 7) is 0.671. The summed E-state index contributed by atoms with van der Waals surface area (Å²) in [6, 6.07) is 18.8. The van der Waals surface area contributed by atoms with Crippen molar-refractivity contribution in [3.63, 3.8) is 0 Å². The number of hydrogen-bond donors (Lipinski definition) is 0. The Kier molecular flexibility index (Phi) is 5.03. The smallest absolute Gasteiger partial charge is 0.280 e. The predicted octanol–water partition coefficient (Wildman–Crippen LogP) is 3.47. The molecule has 0 radical (unpaired) electrons. The van der Waals surface area contributed by atoms with Gasteiger partial charge in [-0.15, -0.1) is 0 Å². The molecule has 1 aliphatic rings. The van der Waals surface area contributed by atoms with Crippen LogP contribution in [0.5, 0.6) is 0 Å². The topological polar surface area (TPSA) is 101 Å². The van der Waals surface area contributed by atoms with E-state index in [-0.39, 0.29) is 24.1 Å². The second-order valence-corrected chi connectivity index (χ2v) is 8.49. The Hall–Kier alpha value is -4.11. The fourth-order valence-corrected chi connectivity index (χ4v) is 4.39. The number of aryl methyl sites for hydroxylation is 1. The van der Waals surface area contributed by atoms with Crippen molar-refractivity contribution in [2.24, 2.45) is 7.05 Å². The number of imidazole rings is 1. The van der Waals surface area contributed by atoms with Gasteiger partial charge >= 0.3 is 0 Å². The van der Waals surface area contributed by atoms with Crippen LogP contribution < -0.4 is 5.56 Å². The molecule has 0 unspecified atom stereocenters. The summed E-state index contributed by atoms with van der Waals surface area (Å²) in [4.78, 5) is 25.6. The molecule has 1 fully saturated rings. The van der Waals surface area contributed by atoms with Gasteiger partial charge in [-0.3, -0.25) is 9.36 Å². The Labute approximate surface area is 194 Å². The van der Waals surface area contributed by atoms with E-state index < -0.39 is 0 Å². The maximum atomic E-state index is 12.7. The van der Waals surface area contributed by atoms with Crippen LogP contribution in [0.3, 0.4) is 0 Å². The Balaban J connectivity index is 1.15. The molecule has 0 bridgehead atoms. The van der Waals surface area contributed by atoms with E-state index in [1.165, 1.54) is 22.0 Å². The van der Waals surface area contributed by atoms with Gasteiger partial charge in [-0.05, 0) is 23.1 Å². The first-order chi connectivity index (χ1) is 16.7. The summed E-state index contributed by atoms with van der Waals surface area (Å²) >= 11 is 0. The predicted molar refractivity (Wildman–Crippen MR) is 124 cm³/mol. The van der Waals surface area contributed by atoms with E-state index in [0.29, 0.717) is 29.5 Å². The first-order valence-electron chi connectivity index (χ1n) is 11.1. The summed E-state index contributed by atoms with van der Waals surface area (Å²) in [5.41, 5.74) is 4.15. The maximum Gasteiger partial charge on any atom is 0.280 e. The standard InChI is InChI=1S/C25H22N6O3/c1-30-14-26-24-22(30)25(32)31(15-27-24)12-21-28-23(29-34-21)19-11-20(33-13-19)18-9-7-17(8-10-18)16-5-3-2-4-6-16/h2-10,14-15,19-20H,11-13H2,1H3/t19-,20+/m0/s1. The highest BCUT2D eigenvalue weighted by Crippen LogP contribution is 2.37. The fourth-order valence-electron chi connectivity index (χ4n) is 4.39. The number of hydrogen-bond acceptors (Lipinski definition) is 7. The van der Waals surface area contributed by atoms with Crippen LogP contribution >= 0.6 is 0 Å². The molecule has 0 N–H and O–H groups in total. The van der Waals surface area contributed by atoms with Crippen LogP contribution in [-0.2, 0) is 18.3 Å².